The Labute approximate surface area is 135 Å². The van der Waals surface area contributed by atoms with E-state index in [9.17, 15) is 4.79 Å². The summed E-state index contributed by atoms with van der Waals surface area (Å²) in [6.07, 6.45) is 10.8. The van der Waals surface area contributed by atoms with Crippen LogP contribution in [0.2, 0.25) is 0 Å². The van der Waals surface area contributed by atoms with Gasteiger partial charge in [0, 0.05) is 24.0 Å². The molecule has 126 valence electrons. The summed E-state index contributed by atoms with van der Waals surface area (Å²) in [4.78, 5) is 15.0. The minimum absolute atomic E-state index is 0.191. The van der Waals surface area contributed by atoms with E-state index in [1.165, 1.54) is 44.9 Å². The van der Waals surface area contributed by atoms with Crippen molar-refractivity contribution in [1.29, 1.82) is 0 Å². The SMILES string of the molecule is CN(C)C1(CNC(=O)C2CC3CCCC(C2)C3N)CCCC1. The van der Waals surface area contributed by atoms with Crippen LogP contribution in [-0.4, -0.2) is 43.0 Å². The summed E-state index contributed by atoms with van der Waals surface area (Å²) >= 11 is 0. The fourth-order valence-corrected chi connectivity index (χ4v) is 5.21. The number of fused-ring (bicyclic) bond motifs is 2. The van der Waals surface area contributed by atoms with Crippen LogP contribution in [0.5, 0.6) is 0 Å². The standard InChI is InChI=1S/C18H33N3O/c1-21(2)18(8-3-4-9-18)12-20-17(22)15-10-13-6-5-7-14(11-15)16(13)19/h13-16H,3-12,19H2,1-2H3,(H,20,22). The maximum atomic E-state index is 12.7. The number of hydrogen-bond donors (Lipinski definition) is 2. The molecule has 4 heteroatoms. The van der Waals surface area contributed by atoms with Gasteiger partial charge in [0.1, 0.15) is 0 Å². The molecule has 2 atom stereocenters. The number of carbonyl (C=O) groups excluding carboxylic acids is 1. The van der Waals surface area contributed by atoms with Gasteiger partial charge in [0.15, 0.2) is 0 Å². The van der Waals surface area contributed by atoms with Gasteiger partial charge in [-0.25, -0.2) is 0 Å². The largest absolute Gasteiger partial charge is 0.354 e. The van der Waals surface area contributed by atoms with Gasteiger partial charge in [-0.05, 0) is 64.5 Å². The molecule has 0 heterocycles. The number of hydrogen-bond acceptors (Lipinski definition) is 3. The van der Waals surface area contributed by atoms with Crippen LogP contribution in [-0.2, 0) is 4.79 Å². The van der Waals surface area contributed by atoms with Gasteiger partial charge in [-0.1, -0.05) is 19.3 Å². The van der Waals surface area contributed by atoms with Crippen molar-refractivity contribution in [2.75, 3.05) is 20.6 Å². The average Bonchev–Trinajstić information content (AvgIpc) is 2.94. The van der Waals surface area contributed by atoms with Gasteiger partial charge < -0.3 is 16.0 Å². The van der Waals surface area contributed by atoms with Crippen LogP contribution in [0, 0.1) is 17.8 Å². The summed E-state index contributed by atoms with van der Waals surface area (Å²) in [5, 5.41) is 3.30. The van der Waals surface area contributed by atoms with Crippen molar-refractivity contribution < 1.29 is 4.79 Å². The smallest absolute Gasteiger partial charge is 0.223 e. The molecule has 3 rings (SSSR count). The van der Waals surface area contributed by atoms with Crippen LogP contribution in [0.3, 0.4) is 0 Å². The van der Waals surface area contributed by atoms with E-state index in [1.54, 1.807) is 0 Å². The van der Waals surface area contributed by atoms with E-state index in [1.807, 2.05) is 0 Å². The first-order chi connectivity index (χ1) is 10.5. The molecule has 0 aromatic rings. The molecule has 3 N–H and O–H groups in total. The zero-order chi connectivity index (χ0) is 15.7. The normalized spacial score (nSPS) is 37.3. The Kier molecular flexibility index (Phi) is 4.79. The number of amides is 1. The maximum Gasteiger partial charge on any atom is 0.223 e. The van der Waals surface area contributed by atoms with Crippen molar-refractivity contribution in [3.05, 3.63) is 0 Å². The Balaban J connectivity index is 1.56. The Hall–Kier alpha value is -0.610. The van der Waals surface area contributed by atoms with Gasteiger partial charge in [0.25, 0.3) is 0 Å². The first kappa shape index (κ1) is 16.3. The van der Waals surface area contributed by atoms with Gasteiger partial charge in [0.2, 0.25) is 5.91 Å². The van der Waals surface area contributed by atoms with Crippen LogP contribution in [0.15, 0.2) is 0 Å². The highest BCUT2D eigenvalue weighted by Crippen LogP contribution is 2.42. The van der Waals surface area contributed by atoms with Gasteiger partial charge >= 0.3 is 0 Å². The van der Waals surface area contributed by atoms with E-state index in [2.05, 4.69) is 24.3 Å². The lowest BCUT2D eigenvalue weighted by Gasteiger charge is -2.44. The Morgan fingerprint density at radius 2 is 1.73 bits per heavy atom. The Morgan fingerprint density at radius 1 is 1.14 bits per heavy atom. The fourth-order valence-electron chi connectivity index (χ4n) is 5.21. The molecule has 2 bridgehead atoms. The van der Waals surface area contributed by atoms with Gasteiger partial charge in [-0.15, -0.1) is 0 Å². The second kappa shape index (κ2) is 6.48. The molecule has 0 radical (unpaired) electrons. The molecule has 3 aliphatic carbocycles. The summed E-state index contributed by atoms with van der Waals surface area (Å²) < 4.78 is 0. The average molecular weight is 307 g/mol. The summed E-state index contributed by atoms with van der Waals surface area (Å²) in [7, 11) is 4.31. The van der Waals surface area contributed by atoms with Crippen molar-refractivity contribution in [2.24, 2.45) is 23.5 Å². The first-order valence-electron chi connectivity index (χ1n) is 9.22. The third-order valence-corrected chi connectivity index (χ3v) is 6.86. The Morgan fingerprint density at radius 3 is 2.27 bits per heavy atom. The van der Waals surface area contributed by atoms with Gasteiger partial charge in [-0.2, -0.15) is 0 Å². The van der Waals surface area contributed by atoms with E-state index < -0.39 is 0 Å². The second-order valence-corrected chi connectivity index (χ2v) is 8.24. The van der Waals surface area contributed by atoms with E-state index in [0.717, 1.165) is 19.4 Å². The van der Waals surface area contributed by atoms with Crippen LogP contribution in [0.25, 0.3) is 0 Å². The number of nitrogens with one attached hydrogen (secondary N) is 1. The molecule has 0 aromatic heterocycles. The highest BCUT2D eigenvalue weighted by molar-refractivity contribution is 5.79. The quantitative estimate of drug-likeness (QED) is 0.836. The third kappa shape index (κ3) is 3.05. The highest BCUT2D eigenvalue weighted by Gasteiger charge is 2.41. The van der Waals surface area contributed by atoms with E-state index in [0.29, 0.717) is 17.9 Å². The molecule has 22 heavy (non-hydrogen) atoms. The van der Waals surface area contributed by atoms with Crippen molar-refractivity contribution in [1.82, 2.24) is 10.2 Å². The van der Waals surface area contributed by atoms with E-state index in [4.69, 9.17) is 5.73 Å². The summed E-state index contributed by atoms with van der Waals surface area (Å²) in [6, 6.07) is 0.348. The lowest BCUT2D eigenvalue weighted by Crippen LogP contribution is -2.53. The first-order valence-corrected chi connectivity index (χ1v) is 9.22. The van der Waals surface area contributed by atoms with Gasteiger partial charge in [0.05, 0.1) is 0 Å². The van der Waals surface area contributed by atoms with Crippen molar-refractivity contribution >= 4 is 5.91 Å². The zero-order valence-electron chi connectivity index (χ0n) is 14.3. The topological polar surface area (TPSA) is 58.4 Å². The molecule has 0 aromatic carbocycles. The molecular formula is C18H33N3O. The molecule has 2 unspecified atom stereocenters. The van der Waals surface area contributed by atoms with Crippen LogP contribution in [0.1, 0.15) is 57.8 Å². The summed E-state index contributed by atoms with van der Waals surface area (Å²) in [5.74, 6) is 1.66. The molecule has 3 fully saturated rings. The molecule has 0 spiro atoms. The molecule has 1 amide bonds. The third-order valence-electron chi connectivity index (χ3n) is 6.86. The monoisotopic (exact) mass is 307 g/mol. The van der Waals surface area contributed by atoms with E-state index >= 15 is 0 Å². The molecule has 3 aliphatic rings. The second-order valence-electron chi connectivity index (χ2n) is 8.24. The lowest BCUT2D eigenvalue weighted by atomic mass is 9.65. The van der Waals surface area contributed by atoms with Crippen molar-refractivity contribution in [2.45, 2.75) is 69.4 Å². The van der Waals surface area contributed by atoms with Gasteiger partial charge in [-0.3, -0.25) is 4.79 Å². The molecule has 3 saturated carbocycles. The van der Waals surface area contributed by atoms with Crippen LogP contribution in [0.4, 0.5) is 0 Å². The number of likely N-dealkylation sites (N-methyl/N-ethyl adjacent to an activating group) is 1. The predicted octanol–water partition coefficient (Wildman–Crippen LogP) is 2.13. The number of rotatable bonds is 4. The summed E-state index contributed by atoms with van der Waals surface area (Å²) in [6.45, 7) is 0.816. The minimum Gasteiger partial charge on any atom is -0.354 e. The van der Waals surface area contributed by atoms with Crippen LogP contribution < -0.4 is 11.1 Å². The highest BCUT2D eigenvalue weighted by atomic mass is 16.1. The predicted molar refractivity (Wildman–Crippen MR) is 89.4 cm³/mol. The summed E-state index contributed by atoms with van der Waals surface area (Å²) in [5.41, 5.74) is 6.53. The van der Waals surface area contributed by atoms with E-state index in [-0.39, 0.29) is 17.4 Å². The minimum atomic E-state index is 0.191. The van der Waals surface area contributed by atoms with Crippen molar-refractivity contribution in [3.63, 3.8) is 0 Å². The van der Waals surface area contributed by atoms with Crippen molar-refractivity contribution in [3.8, 4) is 0 Å². The number of carbonyl (C=O) groups is 1. The lowest BCUT2D eigenvalue weighted by molar-refractivity contribution is -0.128. The zero-order valence-corrected chi connectivity index (χ0v) is 14.3. The number of nitrogens with two attached hydrogens (primary N) is 1. The molecule has 0 aliphatic heterocycles. The number of nitrogens with zero attached hydrogens (tertiary/aromatic N) is 1. The maximum absolute atomic E-state index is 12.7. The van der Waals surface area contributed by atoms with Crippen LogP contribution >= 0.6 is 0 Å². The Bertz CT molecular complexity index is 389. The molecule has 4 nitrogen and oxygen atoms in total. The molecular weight excluding hydrogens is 274 g/mol. The molecule has 0 saturated heterocycles. The fraction of sp³-hybridized carbons (Fsp3) is 0.944.